The number of hydrazone groups is 1. The van der Waals surface area contributed by atoms with Crippen LogP contribution in [0.4, 0.5) is 5.69 Å². The van der Waals surface area contributed by atoms with Crippen molar-refractivity contribution in [1.82, 2.24) is 5.43 Å². The van der Waals surface area contributed by atoms with Crippen LogP contribution in [0.5, 0.6) is 17.2 Å². The van der Waals surface area contributed by atoms with Gasteiger partial charge in [0.2, 0.25) is 0 Å². The van der Waals surface area contributed by atoms with E-state index in [2.05, 4.69) is 15.8 Å². The summed E-state index contributed by atoms with van der Waals surface area (Å²) in [5.74, 6) is -0.663. The van der Waals surface area contributed by atoms with E-state index in [1.807, 2.05) is 0 Å². The number of hydrogen-bond donors (Lipinski definition) is 2. The molecule has 2 amide bonds. The van der Waals surface area contributed by atoms with E-state index in [0.717, 1.165) is 0 Å². The molecule has 0 fully saturated rings. The van der Waals surface area contributed by atoms with Gasteiger partial charge in [-0.1, -0.05) is 40.9 Å². The van der Waals surface area contributed by atoms with Crippen molar-refractivity contribution in [3.05, 3.63) is 80.8 Å². The van der Waals surface area contributed by atoms with Crippen molar-refractivity contribution in [2.75, 3.05) is 19.5 Å². The molecule has 8 nitrogen and oxygen atoms in total. The summed E-state index contributed by atoms with van der Waals surface area (Å²) in [6, 6.07) is 15.0. The number of amides is 2. The Morgan fingerprint density at radius 1 is 0.861 bits per heavy atom. The number of carbonyl (C=O) groups excluding carboxylic acids is 2. The van der Waals surface area contributed by atoms with Crippen LogP contribution in [0.3, 0.4) is 0 Å². The lowest BCUT2D eigenvalue weighted by atomic mass is 10.1. The fourth-order valence-corrected chi connectivity index (χ4v) is 3.72. The second-order valence-corrected chi connectivity index (χ2v) is 8.54. The Morgan fingerprint density at radius 3 is 2.19 bits per heavy atom. The maximum Gasteiger partial charge on any atom is 0.329 e. The van der Waals surface area contributed by atoms with Gasteiger partial charge < -0.3 is 19.5 Å². The minimum absolute atomic E-state index is 0.143. The average molecular weight is 551 g/mol. The van der Waals surface area contributed by atoms with E-state index in [0.29, 0.717) is 49.2 Å². The lowest BCUT2D eigenvalue weighted by molar-refractivity contribution is -0.136. The smallest absolute Gasteiger partial charge is 0.329 e. The van der Waals surface area contributed by atoms with Gasteiger partial charge in [-0.15, -0.1) is 0 Å². The Hall–Kier alpha value is -3.46. The summed E-state index contributed by atoms with van der Waals surface area (Å²) in [5.41, 5.74) is 4.19. The van der Waals surface area contributed by atoms with Gasteiger partial charge in [0.1, 0.15) is 12.4 Å². The van der Waals surface area contributed by atoms with Crippen LogP contribution in [0.15, 0.2) is 59.7 Å². The molecule has 0 spiro atoms. The van der Waals surface area contributed by atoms with Gasteiger partial charge in [-0.05, 0) is 55.5 Å². The van der Waals surface area contributed by atoms with Crippen LogP contribution in [0.25, 0.3) is 0 Å². The molecule has 3 aromatic rings. The van der Waals surface area contributed by atoms with Crippen molar-refractivity contribution in [2.24, 2.45) is 5.10 Å². The largest absolute Gasteiger partial charge is 0.495 e. The molecule has 3 aromatic carbocycles. The van der Waals surface area contributed by atoms with Gasteiger partial charge >= 0.3 is 11.8 Å². The Morgan fingerprint density at radius 2 is 1.53 bits per heavy atom. The number of carbonyl (C=O) groups is 2. The Bertz CT molecular complexity index is 1290. The van der Waals surface area contributed by atoms with E-state index in [9.17, 15) is 9.59 Å². The third kappa shape index (κ3) is 6.81. The van der Waals surface area contributed by atoms with E-state index >= 15 is 0 Å². The molecule has 36 heavy (non-hydrogen) atoms. The zero-order chi connectivity index (χ0) is 26.2. The van der Waals surface area contributed by atoms with Crippen LogP contribution in [0, 0.1) is 0 Å². The Labute approximate surface area is 223 Å². The van der Waals surface area contributed by atoms with Crippen LogP contribution >= 0.6 is 34.8 Å². The van der Waals surface area contributed by atoms with Crippen molar-refractivity contribution in [3.8, 4) is 17.2 Å². The molecule has 0 aliphatic carbocycles. The number of ether oxygens (including phenoxy) is 3. The fourth-order valence-electron chi connectivity index (χ4n) is 3.04. The minimum atomic E-state index is -0.972. The number of anilines is 1. The molecule has 0 saturated heterocycles. The minimum Gasteiger partial charge on any atom is -0.495 e. The highest BCUT2D eigenvalue weighted by atomic mass is 35.5. The zero-order valence-electron chi connectivity index (χ0n) is 19.5. The summed E-state index contributed by atoms with van der Waals surface area (Å²) >= 11 is 18.3. The van der Waals surface area contributed by atoms with Crippen LogP contribution in [-0.2, 0) is 16.2 Å². The predicted molar refractivity (Wildman–Crippen MR) is 141 cm³/mol. The first-order valence-electron chi connectivity index (χ1n) is 10.5. The first-order valence-corrected chi connectivity index (χ1v) is 11.6. The highest BCUT2D eigenvalue weighted by Crippen LogP contribution is 2.32. The monoisotopic (exact) mass is 549 g/mol. The van der Waals surface area contributed by atoms with Crippen molar-refractivity contribution < 1.29 is 23.8 Å². The van der Waals surface area contributed by atoms with E-state index in [4.69, 9.17) is 49.0 Å². The second kappa shape index (κ2) is 12.5. The van der Waals surface area contributed by atoms with Gasteiger partial charge in [-0.2, -0.15) is 5.10 Å². The predicted octanol–water partition coefficient (Wildman–Crippen LogP) is 5.72. The molecule has 0 heterocycles. The summed E-state index contributed by atoms with van der Waals surface area (Å²) in [7, 11) is 2.93. The molecule has 0 atom stereocenters. The third-order valence-electron chi connectivity index (χ3n) is 4.96. The standard InChI is InChI=1S/C25H22Cl3N3O5/c1-14(30-31-25(33)24(32)29-20-12-16(26)8-10-21(20)34-2)15-7-9-22(23(11-15)35-3)36-13-17-18(27)5-4-6-19(17)28/h4-12H,13H2,1-3H3,(H,29,32)(H,31,33)/b30-14+. The molecule has 0 saturated carbocycles. The van der Waals surface area contributed by atoms with E-state index in [1.165, 1.54) is 20.3 Å². The summed E-state index contributed by atoms with van der Waals surface area (Å²) < 4.78 is 16.4. The topological polar surface area (TPSA) is 98.2 Å². The summed E-state index contributed by atoms with van der Waals surface area (Å²) in [6.45, 7) is 1.81. The van der Waals surface area contributed by atoms with Crippen LogP contribution in [0.2, 0.25) is 15.1 Å². The number of benzene rings is 3. The van der Waals surface area contributed by atoms with Gasteiger partial charge in [-0.3, -0.25) is 9.59 Å². The lowest BCUT2D eigenvalue weighted by Crippen LogP contribution is -2.33. The van der Waals surface area contributed by atoms with Gasteiger partial charge in [0.05, 0.1) is 25.6 Å². The first kappa shape index (κ1) is 27.1. The van der Waals surface area contributed by atoms with E-state index < -0.39 is 11.8 Å². The lowest BCUT2D eigenvalue weighted by Gasteiger charge is -2.14. The normalized spacial score (nSPS) is 11.0. The van der Waals surface area contributed by atoms with Gasteiger partial charge in [0.25, 0.3) is 0 Å². The molecule has 0 aliphatic heterocycles. The molecule has 0 aromatic heterocycles. The van der Waals surface area contributed by atoms with Crippen molar-refractivity contribution in [3.63, 3.8) is 0 Å². The fraction of sp³-hybridized carbons (Fsp3) is 0.160. The van der Waals surface area contributed by atoms with E-state index in [-0.39, 0.29) is 12.3 Å². The molecule has 11 heteroatoms. The highest BCUT2D eigenvalue weighted by Gasteiger charge is 2.17. The van der Waals surface area contributed by atoms with Crippen molar-refractivity contribution in [1.29, 1.82) is 0 Å². The molecule has 0 bridgehead atoms. The number of halogens is 3. The number of methoxy groups -OCH3 is 2. The molecule has 3 rings (SSSR count). The molecule has 0 radical (unpaired) electrons. The average Bonchev–Trinajstić information content (AvgIpc) is 2.86. The molecule has 0 unspecified atom stereocenters. The number of rotatable bonds is 8. The quantitative estimate of drug-likeness (QED) is 0.212. The highest BCUT2D eigenvalue weighted by molar-refractivity contribution is 6.40. The Balaban J connectivity index is 1.67. The summed E-state index contributed by atoms with van der Waals surface area (Å²) in [5, 5.41) is 7.81. The summed E-state index contributed by atoms with van der Waals surface area (Å²) in [4.78, 5) is 24.5. The number of nitrogens with zero attached hydrogens (tertiary/aromatic N) is 1. The first-order chi connectivity index (χ1) is 17.2. The maximum atomic E-state index is 12.3. The van der Waals surface area contributed by atoms with Crippen LogP contribution in [-0.4, -0.2) is 31.7 Å². The zero-order valence-corrected chi connectivity index (χ0v) is 21.8. The maximum absolute atomic E-state index is 12.3. The number of nitrogens with one attached hydrogen (secondary N) is 2. The molecule has 188 valence electrons. The van der Waals surface area contributed by atoms with Crippen LogP contribution < -0.4 is 25.0 Å². The molecular weight excluding hydrogens is 529 g/mol. The van der Waals surface area contributed by atoms with Crippen molar-refractivity contribution >= 4 is 58.0 Å². The van der Waals surface area contributed by atoms with Gasteiger partial charge in [-0.25, -0.2) is 5.43 Å². The SMILES string of the molecule is COc1ccc(Cl)cc1NC(=O)C(=O)N/N=C(\C)c1ccc(OCc2c(Cl)cccc2Cl)c(OC)c1. The van der Waals surface area contributed by atoms with Crippen LogP contribution in [0.1, 0.15) is 18.1 Å². The number of hydrogen-bond acceptors (Lipinski definition) is 6. The van der Waals surface area contributed by atoms with E-state index in [1.54, 1.807) is 55.5 Å². The van der Waals surface area contributed by atoms with Gasteiger partial charge in [0, 0.05) is 26.2 Å². The second-order valence-electron chi connectivity index (χ2n) is 7.29. The third-order valence-corrected chi connectivity index (χ3v) is 5.90. The summed E-state index contributed by atoms with van der Waals surface area (Å²) in [6.07, 6.45) is 0. The molecular formula is C25H22Cl3N3O5. The van der Waals surface area contributed by atoms with Gasteiger partial charge in [0.15, 0.2) is 11.5 Å². The molecule has 0 aliphatic rings. The van der Waals surface area contributed by atoms with Crippen molar-refractivity contribution in [2.45, 2.75) is 13.5 Å². The molecule has 2 N–H and O–H groups in total. The Kier molecular flexibility index (Phi) is 9.41.